The highest BCUT2D eigenvalue weighted by molar-refractivity contribution is 7.91. The molecule has 2 rings (SSSR count). The minimum atomic E-state index is -3.31. The second-order valence-electron chi connectivity index (χ2n) is 5.01. The first-order valence-corrected chi connectivity index (χ1v) is 9.19. The van der Waals surface area contributed by atoms with E-state index in [2.05, 4.69) is 9.69 Å². The van der Waals surface area contributed by atoms with Crippen LogP contribution in [0.15, 0.2) is 4.90 Å². The molecule has 1 saturated carbocycles. The number of nitrogens with zero attached hydrogens (tertiary/aromatic N) is 1. The van der Waals surface area contributed by atoms with E-state index in [0.717, 1.165) is 18.1 Å². The molecule has 0 spiro atoms. The summed E-state index contributed by atoms with van der Waals surface area (Å²) in [6.45, 7) is 2.44. The summed E-state index contributed by atoms with van der Waals surface area (Å²) in [6, 6.07) is 0. The molecule has 7 heteroatoms. The number of hydrogen-bond acceptors (Lipinski definition) is 6. The van der Waals surface area contributed by atoms with Gasteiger partial charge in [-0.1, -0.05) is 26.2 Å². The maximum absolute atomic E-state index is 12.0. The first-order valence-electron chi connectivity index (χ1n) is 6.76. The molecule has 0 unspecified atom stereocenters. The first kappa shape index (κ1) is 14.6. The summed E-state index contributed by atoms with van der Waals surface area (Å²) in [5.41, 5.74) is 5.69. The molecule has 0 atom stereocenters. The monoisotopic (exact) mass is 303 g/mol. The lowest BCUT2D eigenvalue weighted by molar-refractivity contribution is 0.373. The van der Waals surface area contributed by atoms with Gasteiger partial charge < -0.3 is 11.1 Å². The normalized spacial score (nSPS) is 17.5. The molecule has 0 radical (unpaired) electrons. The number of aromatic nitrogens is 1. The summed E-state index contributed by atoms with van der Waals surface area (Å²) in [7, 11) is -3.31. The van der Waals surface area contributed by atoms with Crippen molar-refractivity contribution in [1.82, 2.24) is 4.37 Å². The standard InChI is InChI=1S/C12H21N3O2S2/c1-2-19(16,17)10-11(13)15-18-12(10)14-8-9-6-4-3-5-7-9/h9,14H,2-8H2,1H3,(H2,13,15). The van der Waals surface area contributed by atoms with E-state index in [0.29, 0.717) is 10.9 Å². The van der Waals surface area contributed by atoms with Crippen LogP contribution in [0.2, 0.25) is 0 Å². The summed E-state index contributed by atoms with van der Waals surface area (Å²) in [5.74, 6) is 0.806. The van der Waals surface area contributed by atoms with Gasteiger partial charge in [-0.2, -0.15) is 4.37 Å². The van der Waals surface area contributed by atoms with Crippen LogP contribution in [0.25, 0.3) is 0 Å². The molecule has 0 saturated heterocycles. The molecule has 1 heterocycles. The van der Waals surface area contributed by atoms with Crippen LogP contribution in [0, 0.1) is 5.92 Å². The maximum atomic E-state index is 12.0. The Bertz CT molecular complexity index is 519. The van der Waals surface area contributed by atoms with Crippen LogP contribution < -0.4 is 11.1 Å². The predicted octanol–water partition coefficient (Wildman–Crippen LogP) is 2.51. The Morgan fingerprint density at radius 3 is 2.68 bits per heavy atom. The molecule has 0 aliphatic heterocycles. The molecule has 1 fully saturated rings. The van der Waals surface area contributed by atoms with E-state index in [1.807, 2.05) is 0 Å². The van der Waals surface area contributed by atoms with Crippen molar-refractivity contribution in [2.75, 3.05) is 23.3 Å². The van der Waals surface area contributed by atoms with E-state index in [1.165, 1.54) is 32.1 Å². The number of sulfone groups is 1. The van der Waals surface area contributed by atoms with Crippen molar-refractivity contribution in [3.63, 3.8) is 0 Å². The van der Waals surface area contributed by atoms with E-state index in [4.69, 9.17) is 5.73 Å². The predicted molar refractivity (Wildman–Crippen MR) is 79.3 cm³/mol. The van der Waals surface area contributed by atoms with Gasteiger partial charge in [0, 0.05) is 6.54 Å². The molecule has 1 aliphatic rings. The molecule has 19 heavy (non-hydrogen) atoms. The fourth-order valence-corrected chi connectivity index (χ4v) is 4.65. The highest BCUT2D eigenvalue weighted by atomic mass is 32.2. The van der Waals surface area contributed by atoms with Crippen molar-refractivity contribution >= 4 is 32.2 Å². The molecular weight excluding hydrogens is 282 g/mol. The van der Waals surface area contributed by atoms with E-state index in [1.54, 1.807) is 6.92 Å². The summed E-state index contributed by atoms with van der Waals surface area (Å²) in [6.07, 6.45) is 6.31. The number of hydrogen-bond donors (Lipinski definition) is 2. The van der Waals surface area contributed by atoms with Crippen LogP contribution in [0.5, 0.6) is 0 Å². The molecule has 0 bridgehead atoms. The average molecular weight is 303 g/mol. The second kappa shape index (κ2) is 6.09. The highest BCUT2D eigenvalue weighted by Gasteiger charge is 2.24. The minimum Gasteiger partial charge on any atom is -0.382 e. The lowest BCUT2D eigenvalue weighted by Crippen LogP contribution is -2.18. The number of nitrogens with one attached hydrogen (secondary N) is 1. The summed E-state index contributed by atoms with van der Waals surface area (Å²) < 4.78 is 28.0. The maximum Gasteiger partial charge on any atom is 0.184 e. The van der Waals surface area contributed by atoms with Gasteiger partial charge in [0.15, 0.2) is 15.7 Å². The lowest BCUT2D eigenvalue weighted by Gasteiger charge is -2.21. The number of anilines is 2. The molecule has 3 N–H and O–H groups in total. The van der Waals surface area contributed by atoms with Gasteiger partial charge in [-0.25, -0.2) is 8.42 Å². The quantitative estimate of drug-likeness (QED) is 0.873. The van der Waals surface area contributed by atoms with E-state index < -0.39 is 9.84 Å². The molecule has 1 aliphatic carbocycles. The Hall–Kier alpha value is -0.820. The van der Waals surface area contributed by atoms with Crippen molar-refractivity contribution in [2.24, 2.45) is 5.92 Å². The molecule has 5 nitrogen and oxygen atoms in total. The zero-order valence-corrected chi connectivity index (χ0v) is 12.8. The topological polar surface area (TPSA) is 85.1 Å². The molecular formula is C12H21N3O2S2. The SMILES string of the molecule is CCS(=O)(=O)c1c(N)nsc1NCC1CCCCC1. The fraction of sp³-hybridized carbons (Fsp3) is 0.750. The minimum absolute atomic E-state index is 0.0493. The van der Waals surface area contributed by atoms with E-state index in [9.17, 15) is 8.42 Å². The zero-order valence-electron chi connectivity index (χ0n) is 11.2. The van der Waals surface area contributed by atoms with Gasteiger partial charge in [-0.05, 0) is 30.3 Å². The van der Waals surface area contributed by atoms with Gasteiger partial charge in [0.25, 0.3) is 0 Å². The van der Waals surface area contributed by atoms with Crippen molar-refractivity contribution in [3.8, 4) is 0 Å². The van der Waals surface area contributed by atoms with Crippen molar-refractivity contribution in [1.29, 1.82) is 0 Å². The summed E-state index contributed by atoms with van der Waals surface area (Å²) in [4.78, 5) is 0.191. The Labute approximate surface area is 118 Å². The molecule has 108 valence electrons. The van der Waals surface area contributed by atoms with Crippen LogP contribution in [0.3, 0.4) is 0 Å². The van der Waals surface area contributed by atoms with Gasteiger partial charge in [-0.15, -0.1) is 0 Å². The van der Waals surface area contributed by atoms with Crippen molar-refractivity contribution < 1.29 is 8.42 Å². The van der Waals surface area contributed by atoms with E-state index in [-0.39, 0.29) is 16.5 Å². The van der Waals surface area contributed by atoms with Crippen LogP contribution in [0.1, 0.15) is 39.0 Å². The molecule has 1 aromatic rings. The highest BCUT2D eigenvalue weighted by Crippen LogP contribution is 2.33. The Morgan fingerprint density at radius 2 is 2.05 bits per heavy atom. The lowest BCUT2D eigenvalue weighted by atomic mass is 9.89. The van der Waals surface area contributed by atoms with Crippen LogP contribution in [0.4, 0.5) is 10.8 Å². The summed E-state index contributed by atoms with van der Waals surface area (Å²) in [5, 5.41) is 3.84. The van der Waals surface area contributed by atoms with Gasteiger partial charge >= 0.3 is 0 Å². The largest absolute Gasteiger partial charge is 0.382 e. The van der Waals surface area contributed by atoms with Crippen molar-refractivity contribution in [3.05, 3.63) is 0 Å². The number of rotatable bonds is 5. The Morgan fingerprint density at radius 1 is 1.37 bits per heavy atom. The molecule has 0 amide bonds. The van der Waals surface area contributed by atoms with Gasteiger partial charge in [-0.3, -0.25) is 0 Å². The van der Waals surface area contributed by atoms with Gasteiger partial charge in [0.05, 0.1) is 5.75 Å². The third-order valence-corrected chi connectivity index (χ3v) is 6.38. The fourth-order valence-electron chi connectivity index (χ4n) is 2.48. The average Bonchev–Trinajstić information content (AvgIpc) is 2.79. The smallest absolute Gasteiger partial charge is 0.184 e. The third kappa shape index (κ3) is 3.39. The first-order chi connectivity index (χ1) is 9.04. The van der Waals surface area contributed by atoms with Crippen LogP contribution >= 0.6 is 11.5 Å². The Balaban J connectivity index is 2.08. The Kier molecular flexibility index (Phi) is 4.67. The van der Waals surface area contributed by atoms with Gasteiger partial charge in [0.1, 0.15) is 9.90 Å². The zero-order chi connectivity index (χ0) is 13.9. The van der Waals surface area contributed by atoms with Crippen LogP contribution in [-0.4, -0.2) is 25.1 Å². The second-order valence-corrected chi connectivity index (χ2v) is 8.00. The number of nitrogen functional groups attached to an aromatic ring is 1. The molecule has 0 aromatic carbocycles. The van der Waals surface area contributed by atoms with E-state index >= 15 is 0 Å². The van der Waals surface area contributed by atoms with Crippen LogP contribution in [-0.2, 0) is 9.84 Å². The number of nitrogens with two attached hydrogens (primary N) is 1. The summed E-state index contributed by atoms with van der Waals surface area (Å²) >= 11 is 1.14. The molecule has 1 aromatic heterocycles. The van der Waals surface area contributed by atoms with Crippen molar-refractivity contribution in [2.45, 2.75) is 43.9 Å². The third-order valence-electron chi connectivity index (χ3n) is 3.64. The van der Waals surface area contributed by atoms with Gasteiger partial charge in [0.2, 0.25) is 0 Å².